The Balaban J connectivity index is 1.72. The number of fused-ring (bicyclic) bond motifs is 1. The fraction of sp³-hybridized carbons (Fsp3) is 0.737. The summed E-state index contributed by atoms with van der Waals surface area (Å²) >= 11 is 0. The van der Waals surface area contributed by atoms with E-state index in [1.54, 1.807) is 0 Å². The molecular weight excluding hydrogens is 348 g/mol. The number of nitrogens with one attached hydrogen (secondary N) is 2. The van der Waals surface area contributed by atoms with Crippen molar-refractivity contribution in [3.63, 3.8) is 0 Å². The van der Waals surface area contributed by atoms with Gasteiger partial charge in [-0.15, -0.1) is 0 Å². The highest BCUT2D eigenvalue weighted by Gasteiger charge is 2.51. The summed E-state index contributed by atoms with van der Waals surface area (Å²) in [7, 11) is -1.97. The smallest absolute Gasteiger partial charge is 0.230 e. The van der Waals surface area contributed by atoms with Crippen LogP contribution in [-0.2, 0) is 18.8 Å². The average molecular weight is 379 g/mol. The second kappa shape index (κ2) is 6.30. The van der Waals surface area contributed by atoms with Gasteiger partial charge in [-0.1, -0.05) is 32.4 Å². The molecule has 0 aromatic carbocycles. The molecule has 0 spiro atoms. The molecule has 3 rings (SSSR count). The quantitative estimate of drug-likeness (QED) is 0.340. The molecule has 7 heteroatoms. The molecule has 2 N–H and O–H groups in total. The van der Waals surface area contributed by atoms with Crippen LogP contribution in [0.1, 0.15) is 40.5 Å². The van der Waals surface area contributed by atoms with Gasteiger partial charge in [-0.3, -0.25) is 19.7 Å². The fourth-order valence-corrected chi connectivity index (χ4v) is 5.39. The Morgan fingerprint density at radius 3 is 2.31 bits per heavy atom. The molecule has 5 atom stereocenters. The van der Waals surface area contributed by atoms with Crippen LogP contribution in [0.5, 0.6) is 0 Å². The van der Waals surface area contributed by atoms with Crippen LogP contribution in [0.25, 0.3) is 0 Å². The molecule has 1 aliphatic carbocycles. The van der Waals surface area contributed by atoms with Crippen molar-refractivity contribution < 1.29 is 18.8 Å². The van der Waals surface area contributed by atoms with Gasteiger partial charge in [0.1, 0.15) is 0 Å². The first-order chi connectivity index (χ1) is 11.9. The third-order valence-corrected chi connectivity index (χ3v) is 11.2. The van der Waals surface area contributed by atoms with Gasteiger partial charge in [0.05, 0.1) is 29.9 Å². The third kappa shape index (κ3) is 3.15. The van der Waals surface area contributed by atoms with Crippen LogP contribution in [-0.4, -0.2) is 38.2 Å². The van der Waals surface area contributed by atoms with Gasteiger partial charge in [-0.25, -0.2) is 0 Å². The number of amides is 3. The third-order valence-electron chi connectivity index (χ3n) is 6.65. The standard InChI is InChI=1S/C19H30N2O4Si/c1-10(25-26(5,6)19(2,3)4)14-15(20-18(14)24)11-7-8-12-13(9-11)17(23)21-16(12)22/h7,10,12-15H,8-9H2,1-6H3,(H,20,24)(H,21,22,23)/t10?,12?,13?,14-,15-/m1/s1. The van der Waals surface area contributed by atoms with Crippen LogP contribution in [0.4, 0.5) is 0 Å². The zero-order valence-corrected chi connectivity index (χ0v) is 17.5. The molecule has 0 saturated carbocycles. The van der Waals surface area contributed by atoms with Gasteiger partial charge < -0.3 is 9.74 Å². The minimum atomic E-state index is -1.97. The molecule has 2 aliphatic heterocycles. The van der Waals surface area contributed by atoms with Crippen LogP contribution in [0.15, 0.2) is 11.6 Å². The van der Waals surface area contributed by atoms with E-state index in [4.69, 9.17) is 4.43 Å². The van der Waals surface area contributed by atoms with Gasteiger partial charge in [0, 0.05) is 0 Å². The van der Waals surface area contributed by atoms with Crippen LogP contribution in [0, 0.1) is 17.8 Å². The topological polar surface area (TPSA) is 84.5 Å². The molecule has 0 bridgehead atoms. The molecule has 2 heterocycles. The molecule has 0 aromatic heterocycles. The normalized spacial score (nSPS) is 33.0. The zero-order valence-electron chi connectivity index (χ0n) is 16.5. The number of imide groups is 1. The van der Waals surface area contributed by atoms with Gasteiger partial charge in [0.15, 0.2) is 8.32 Å². The largest absolute Gasteiger partial charge is 0.413 e. The molecule has 144 valence electrons. The average Bonchev–Trinajstić information content (AvgIpc) is 2.77. The Kier molecular flexibility index (Phi) is 4.68. The highest BCUT2D eigenvalue weighted by atomic mass is 28.4. The van der Waals surface area contributed by atoms with E-state index in [1.807, 2.05) is 13.0 Å². The van der Waals surface area contributed by atoms with Crippen LogP contribution in [0.2, 0.25) is 18.1 Å². The molecule has 2 saturated heterocycles. The monoisotopic (exact) mass is 378 g/mol. The van der Waals surface area contributed by atoms with Crippen LogP contribution >= 0.6 is 0 Å². The number of hydrogen-bond acceptors (Lipinski definition) is 4. The van der Waals surface area contributed by atoms with E-state index in [0.717, 1.165) is 5.57 Å². The summed E-state index contributed by atoms with van der Waals surface area (Å²) in [6, 6.07) is -0.0910. The van der Waals surface area contributed by atoms with Crippen molar-refractivity contribution in [1.29, 1.82) is 0 Å². The second-order valence-electron chi connectivity index (χ2n) is 9.38. The van der Waals surface area contributed by atoms with Gasteiger partial charge in [0.2, 0.25) is 17.7 Å². The minimum absolute atomic E-state index is 0.0104. The highest BCUT2D eigenvalue weighted by molar-refractivity contribution is 6.74. The minimum Gasteiger partial charge on any atom is -0.413 e. The van der Waals surface area contributed by atoms with Gasteiger partial charge in [-0.05, 0) is 37.9 Å². The lowest BCUT2D eigenvalue weighted by atomic mass is 9.73. The number of carbonyl (C=O) groups excluding carboxylic acids is 3. The lowest BCUT2D eigenvalue weighted by Gasteiger charge is -2.46. The van der Waals surface area contributed by atoms with Crippen molar-refractivity contribution in [2.45, 2.75) is 70.8 Å². The van der Waals surface area contributed by atoms with E-state index in [9.17, 15) is 14.4 Å². The van der Waals surface area contributed by atoms with Crippen molar-refractivity contribution >= 4 is 26.0 Å². The molecule has 3 aliphatic rings. The molecule has 0 radical (unpaired) electrons. The predicted molar refractivity (Wildman–Crippen MR) is 101 cm³/mol. The summed E-state index contributed by atoms with van der Waals surface area (Å²) < 4.78 is 6.44. The number of hydrogen-bond donors (Lipinski definition) is 2. The van der Waals surface area contributed by atoms with Crippen molar-refractivity contribution in [3.05, 3.63) is 11.6 Å². The number of β-lactam (4-membered cyclic amide) rings is 1. The molecular formula is C19H30N2O4Si. The van der Waals surface area contributed by atoms with E-state index < -0.39 is 8.32 Å². The maximum Gasteiger partial charge on any atom is 0.230 e. The molecule has 3 unspecified atom stereocenters. The Morgan fingerprint density at radius 2 is 1.73 bits per heavy atom. The summed E-state index contributed by atoms with van der Waals surface area (Å²) in [6.07, 6.45) is 2.97. The molecule has 6 nitrogen and oxygen atoms in total. The van der Waals surface area contributed by atoms with Crippen LogP contribution < -0.4 is 10.6 Å². The van der Waals surface area contributed by atoms with E-state index in [-0.39, 0.29) is 52.7 Å². The molecule has 2 fully saturated rings. The first-order valence-electron chi connectivity index (χ1n) is 9.44. The SMILES string of the molecule is CC(O[Si](C)(C)C(C)(C)C)[C@H]1C(=O)N[C@@H]1C1=CCC2C(=O)NC(=O)C2C1. The summed E-state index contributed by atoms with van der Waals surface area (Å²) in [5.41, 5.74) is 1.06. The van der Waals surface area contributed by atoms with Gasteiger partial charge >= 0.3 is 0 Å². The molecule has 0 aromatic rings. The van der Waals surface area contributed by atoms with Gasteiger partial charge in [0.25, 0.3) is 0 Å². The van der Waals surface area contributed by atoms with E-state index in [0.29, 0.717) is 12.8 Å². The number of allylic oxidation sites excluding steroid dienone is 1. The Bertz CT molecular complexity index is 680. The van der Waals surface area contributed by atoms with Crippen molar-refractivity contribution in [3.8, 4) is 0 Å². The van der Waals surface area contributed by atoms with Gasteiger partial charge in [-0.2, -0.15) is 0 Å². The lowest BCUT2D eigenvalue weighted by Crippen LogP contribution is -2.64. The molecule has 3 amide bonds. The Morgan fingerprint density at radius 1 is 1.12 bits per heavy atom. The van der Waals surface area contributed by atoms with Crippen molar-refractivity contribution in [2.24, 2.45) is 17.8 Å². The summed E-state index contributed by atoms with van der Waals surface area (Å²) in [5.74, 6) is -1.11. The summed E-state index contributed by atoms with van der Waals surface area (Å²) in [4.78, 5) is 36.1. The van der Waals surface area contributed by atoms with E-state index in [2.05, 4.69) is 44.5 Å². The number of carbonyl (C=O) groups is 3. The zero-order chi connectivity index (χ0) is 19.4. The maximum atomic E-state index is 12.3. The van der Waals surface area contributed by atoms with E-state index in [1.165, 1.54) is 0 Å². The maximum absolute atomic E-state index is 12.3. The highest BCUT2D eigenvalue weighted by Crippen LogP contribution is 2.42. The van der Waals surface area contributed by atoms with Crippen molar-refractivity contribution in [2.75, 3.05) is 0 Å². The predicted octanol–water partition coefficient (Wildman–Crippen LogP) is 2.12. The summed E-state index contributed by atoms with van der Waals surface area (Å²) in [5, 5.41) is 5.49. The first-order valence-corrected chi connectivity index (χ1v) is 12.3. The Labute approximate surface area is 156 Å². The Hall–Kier alpha value is -1.47. The second-order valence-corrected chi connectivity index (χ2v) is 14.1. The van der Waals surface area contributed by atoms with Crippen molar-refractivity contribution in [1.82, 2.24) is 10.6 Å². The lowest BCUT2D eigenvalue weighted by molar-refractivity contribution is -0.138. The summed E-state index contributed by atoms with van der Waals surface area (Å²) in [6.45, 7) is 12.9. The van der Waals surface area contributed by atoms with E-state index >= 15 is 0 Å². The number of rotatable bonds is 4. The molecule has 26 heavy (non-hydrogen) atoms. The fourth-order valence-electron chi connectivity index (χ4n) is 3.96. The first kappa shape index (κ1) is 19.3. The van der Waals surface area contributed by atoms with Crippen LogP contribution in [0.3, 0.4) is 0 Å².